The number of carbonyl (C=O) groups is 1. The fourth-order valence-corrected chi connectivity index (χ4v) is 2.64. The number of likely N-dealkylation sites (tertiary alicyclic amines) is 1. The van der Waals surface area contributed by atoms with Gasteiger partial charge in [-0.15, -0.1) is 12.4 Å². The Morgan fingerprint density at radius 1 is 1.30 bits per heavy atom. The average molecular weight is 318 g/mol. The van der Waals surface area contributed by atoms with E-state index in [-0.39, 0.29) is 18.3 Å². The minimum Gasteiger partial charge on any atom is -0.299 e. The molecule has 1 aliphatic rings. The van der Waals surface area contributed by atoms with E-state index in [0.29, 0.717) is 12.3 Å². The minimum absolute atomic E-state index is 0. The Morgan fingerprint density at radius 2 is 1.90 bits per heavy atom. The summed E-state index contributed by atoms with van der Waals surface area (Å²) >= 11 is 5.87. The number of nitrogens with one attached hydrogen (secondary N) is 1. The predicted octanol–water partition coefficient (Wildman–Crippen LogP) is 2.35. The zero-order valence-corrected chi connectivity index (χ0v) is 12.9. The molecule has 6 heteroatoms. The molecule has 0 atom stereocenters. The first-order valence-electron chi connectivity index (χ1n) is 6.63. The second kappa shape index (κ2) is 8.47. The largest absolute Gasteiger partial charge is 0.299 e. The Bertz CT molecular complexity index is 417. The molecule has 0 bridgehead atoms. The highest BCUT2D eigenvalue weighted by molar-refractivity contribution is 6.30. The zero-order chi connectivity index (χ0) is 13.7. The van der Waals surface area contributed by atoms with E-state index < -0.39 is 0 Å². The number of piperidine rings is 1. The number of hydrogen-bond donors (Lipinski definition) is 2. The van der Waals surface area contributed by atoms with Gasteiger partial charge in [-0.1, -0.05) is 23.7 Å². The van der Waals surface area contributed by atoms with Crippen molar-refractivity contribution >= 4 is 29.9 Å². The number of rotatable bonds is 4. The monoisotopic (exact) mass is 317 g/mol. The number of hydrazine groups is 1. The third-order valence-corrected chi connectivity index (χ3v) is 3.91. The summed E-state index contributed by atoms with van der Waals surface area (Å²) < 4.78 is 0. The van der Waals surface area contributed by atoms with Crippen molar-refractivity contribution in [1.29, 1.82) is 0 Å². The first kappa shape index (κ1) is 17.2. The molecule has 1 amide bonds. The highest BCUT2D eigenvalue weighted by atomic mass is 35.5. The zero-order valence-electron chi connectivity index (χ0n) is 11.3. The van der Waals surface area contributed by atoms with E-state index >= 15 is 0 Å². The molecule has 0 aromatic heterocycles. The van der Waals surface area contributed by atoms with Crippen LogP contribution < -0.4 is 11.3 Å². The number of halogens is 2. The lowest BCUT2D eigenvalue weighted by Crippen LogP contribution is -2.37. The summed E-state index contributed by atoms with van der Waals surface area (Å²) in [5.41, 5.74) is 3.48. The summed E-state index contributed by atoms with van der Waals surface area (Å²) in [6.45, 7) is 3.02. The van der Waals surface area contributed by atoms with Crippen LogP contribution >= 0.6 is 24.0 Å². The van der Waals surface area contributed by atoms with Crippen LogP contribution in [0.15, 0.2) is 24.3 Å². The SMILES string of the molecule is Cl.NNC(=O)CC1CCN(Cc2ccc(Cl)cc2)CC1. The summed E-state index contributed by atoms with van der Waals surface area (Å²) in [7, 11) is 0. The van der Waals surface area contributed by atoms with Crippen molar-refractivity contribution in [2.75, 3.05) is 13.1 Å². The molecule has 2 rings (SSSR count). The molecule has 1 aromatic rings. The summed E-state index contributed by atoms with van der Waals surface area (Å²) in [5.74, 6) is 5.51. The van der Waals surface area contributed by atoms with E-state index in [1.807, 2.05) is 12.1 Å². The predicted molar refractivity (Wildman–Crippen MR) is 83.6 cm³/mol. The van der Waals surface area contributed by atoms with Gasteiger partial charge in [0.05, 0.1) is 0 Å². The standard InChI is InChI=1S/C14H20ClN3O.ClH/c15-13-3-1-12(2-4-13)10-18-7-5-11(6-8-18)9-14(19)17-16;/h1-4,11H,5-10,16H2,(H,17,19);1H. The smallest absolute Gasteiger partial charge is 0.234 e. The van der Waals surface area contributed by atoms with Gasteiger partial charge in [-0.25, -0.2) is 5.84 Å². The molecular weight excluding hydrogens is 297 g/mol. The van der Waals surface area contributed by atoms with Crippen molar-refractivity contribution in [1.82, 2.24) is 10.3 Å². The number of carbonyl (C=O) groups excluding carboxylic acids is 1. The van der Waals surface area contributed by atoms with Crippen LogP contribution in [0.4, 0.5) is 0 Å². The van der Waals surface area contributed by atoms with Gasteiger partial charge in [0.1, 0.15) is 0 Å². The van der Waals surface area contributed by atoms with Crippen LogP contribution in [0.3, 0.4) is 0 Å². The molecule has 0 spiro atoms. The maximum absolute atomic E-state index is 11.2. The lowest BCUT2D eigenvalue weighted by atomic mass is 9.93. The van der Waals surface area contributed by atoms with E-state index in [1.165, 1.54) is 5.56 Å². The van der Waals surface area contributed by atoms with Crippen molar-refractivity contribution < 1.29 is 4.79 Å². The van der Waals surface area contributed by atoms with Gasteiger partial charge >= 0.3 is 0 Å². The van der Waals surface area contributed by atoms with E-state index in [9.17, 15) is 4.79 Å². The second-order valence-electron chi connectivity index (χ2n) is 5.12. The number of hydrogen-bond acceptors (Lipinski definition) is 3. The maximum atomic E-state index is 11.2. The molecule has 1 heterocycles. The van der Waals surface area contributed by atoms with Crippen molar-refractivity contribution in [2.45, 2.75) is 25.8 Å². The van der Waals surface area contributed by atoms with Gasteiger partial charge in [0.2, 0.25) is 5.91 Å². The van der Waals surface area contributed by atoms with Crippen LogP contribution in [0.2, 0.25) is 5.02 Å². The summed E-state index contributed by atoms with van der Waals surface area (Å²) in [4.78, 5) is 13.6. The van der Waals surface area contributed by atoms with Gasteiger partial charge in [0.15, 0.2) is 0 Å². The van der Waals surface area contributed by atoms with Gasteiger partial charge in [-0.2, -0.15) is 0 Å². The molecule has 1 fully saturated rings. The van der Waals surface area contributed by atoms with Gasteiger partial charge < -0.3 is 0 Å². The third kappa shape index (κ3) is 5.29. The molecule has 3 N–H and O–H groups in total. The topological polar surface area (TPSA) is 58.4 Å². The van der Waals surface area contributed by atoms with Crippen molar-refractivity contribution in [3.05, 3.63) is 34.9 Å². The number of nitrogens with two attached hydrogens (primary N) is 1. The van der Waals surface area contributed by atoms with E-state index in [0.717, 1.165) is 37.5 Å². The van der Waals surface area contributed by atoms with E-state index in [1.54, 1.807) is 0 Å². The first-order valence-corrected chi connectivity index (χ1v) is 7.01. The molecule has 20 heavy (non-hydrogen) atoms. The van der Waals surface area contributed by atoms with Crippen molar-refractivity contribution in [3.63, 3.8) is 0 Å². The number of amides is 1. The van der Waals surface area contributed by atoms with Crippen LogP contribution in [0, 0.1) is 5.92 Å². The van der Waals surface area contributed by atoms with Crippen molar-refractivity contribution in [2.24, 2.45) is 11.8 Å². The molecule has 1 aromatic carbocycles. The fraction of sp³-hybridized carbons (Fsp3) is 0.500. The highest BCUT2D eigenvalue weighted by Gasteiger charge is 2.21. The van der Waals surface area contributed by atoms with Crippen LogP contribution in [0.1, 0.15) is 24.8 Å². The number of nitrogens with zero attached hydrogens (tertiary/aromatic N) is 1. The van der Waals surface area contributed by atoms with E-state index in [2.05, 4.69) is 22.5 Å². The lowest BCUT2D eigenvalue weighted by Gasteiger charge is -2.31. The molecule has 1 aliphatic heterocycles. The average Bonchev–Trinajstić information content (AvgIpc) is 2.43. The molecule has 0 saturated carbocycles. The van der Waals surface area contributed by atoms with Crippen LogP contribution in [0.25, 0.3) is 0 Å². The quantitative estimate of drug-likeness (QED) is 0.509. The fourth-order valence-electron chi connectivity index (χ4n) is 2.52. The molecule has 112 valence electrons. The van der Waals surface area contributed by atoms with Crippen LogP contribution in [0.5, 0.6) is 0 Å². The Balaban J connectivity index is 0.00000200. The van der Waals surface area contributed by atoms with Gasteiger partial charge in [-0.3, -0.25) is 15.1 Å². The summed E-state index contributed by atoms with van der Waals surface area (Å²) in [6.07, 6.45) is 2.66. The first-order chi connectivity index (χ1) is 9.17. The minimum atomic E-state index is -0.0591. The number of benzene rings is 1. The molecule has 1 saturated heterocycles. The third-order valence-electron chi connectivity index (χ3n) is 3.66. The normalized spacial score (nSPS) is 16.5. The van der Waals surface area contributed by atoms with Crippen LogP contribution in [-0.4, -0.2) is 23.9 Å². The van der Waals surface area contributed by atoms with Crippen LogP contribution in [-0.2, 0) is 11.3 Å². The lowest BCUT2D eigenvalue weighted by molar-refractivity contribution is -0.122. The van der Waals surface area contributed by atoms with Crippen molar-refractivity contribution in [3.8, 4) is 0 Å². The second-order valence-corrected chi connectivity index (χ2v) is 5.55. The Kier molecular flexibility index (Phi) is 7.30. The molecular formula is C14H21Cl2N3O. The Hall–Kier alpha value is -0.810. The summed E-state index contributed by atoms with van der Waals surface area (Å²) in [6, 6.07) is 7.98. The molecule has 0 aliphatic carbocycles. The highest BCUT2D eigenvalue weighted by Crippen LogP contribution is 2.22. The van der Waals surface area contributed by atoms with Gasteiger partial charge in [0, 0.05) is 18.0 Å². The van der Waals surface area contributed by atoms with E-state index in [4.69, 9.17) is 17.4 Å². The van der Waals surface area contributed by atoms with Gasteiger partial charge in [0.25, 0.3) is 0 Å². The Morgan fingerprint density at radius 3 is 2.45 bits per heavy atom. The molecule has 0 unspecified atom stereocenters. The maximum Gasteiger partial charge on any atom is 0.234 e. The Labute approximate surface area is 131 Å². The molecule has 4 nitrogen and oxygen atoms in total. The van der Waals surface area contributed by atoms with Gasteiger partial charge in [-0.05, 0) is 49.5 Å². The summed E-state index contributed by atoms with van der Waals surface area (Å²) in [5, 5.41) is 0.773. The molecule has 0 radical (unpaired) electrons.